The van der Waals surface area contributed by atoms with Crippen LogP contribution < -0.4 is 5.32 Å². The average molecular weight is 209 g/mol. The van der Waals surface area contributed by atoms with Gasteiger partial charge in [-0.1, -0.05) is 26.0 Å². The van der Waals surface area contributed by atoms with Gasteiger partial charge in [0.2, 0.25) is 0 Å². The minimum absolute atomic E-state index is 0.161. The highest BCUT2D eigenvalue weighted by molar-refractivity contribution is 5.15. The lowest BCUT2D eigenvalue weighted by Gasteiger charge is -2.15. The van der Waals surface area contributed by atoms with Gasteiger partial charge in [-0.2, -0.15) is 0 Å². The standard InChI is InChI=1S/C13H20FN/c1-10(2)7-11(3)15-9-12-5-4-6-13(14)8-12/h4-6,8,10-11,15H,7,9H2,1-3H3/t11-/m0/s1. The highest BCUT2D eigenvalue weighted by atomic mass is 19.1. The first-order valence-electron chi connectivity index (χ1n) is 5.55. The molecule has 84 valence electrons. The third-order valence-corrected chi connectivity index (χ3v) is 2.37. The normalized spacial score (nSPS) is 13.1. The lowest BCUT2D eigenvalue weighted by molar-refractivity contribution is 0.441. The largest absolute Gasteiger partial charge is 0.310 e. The number of hydrogen-bond donors (Lipinski definition) is 1. The molecule has 1 atom stereocenters. The summed E-state index contributed by atoms with van der Waals surface area (Å²) in [6.45, 7) is 7.33. The molecule has 0 radical (unpaired) electrons. The third kappa shape index (κ3) is 4.93. The molecule has 0 saturated heterocycles. The van der Waals surface area contributed by atoms with Gasteiger partial charge in [-0.05, 0) is 37.0 Å². The van der Waals surface area contributed by atoms with Crippen molar-refractivity contribution in [1.29, 1.82) is 0 Å². The van der Waals surface area contributed by atoms with Crippen LogP contribution in [0.15, 0.2) is 24.3 Å². The fraction of sp³-hybridized carbons (Fsp3) is 0.538. The zero-order valence-corrected chi connectivity index (χ0v) is 9.76. The minimum atomic E-state index is -0.161. The van der Waals surface area contributed by atoms with Crippen molar-refractivity contribution in [1.82, 2.24) is 5.32 Å². The van der Waals surface area contributed by atoms with Gasteiger partial charge in [-0.25, -0.2) is 4.39 Å². The molecule has 0 aliphatic carbocycles. The summed E-state index contributed by atoms with van der Waals surface area (Å²) in [5.41, 5.74) is 1.01. The van der Waals surface area contributed by atoms with Gasteiger partial charge in [0.1, 0.15) is 5.82 Å². The zero-order chi connectivity index (χ0) is 11.3. The Morgan fingerprint density at radius 3 is 2.60 bits per heavy atom. The lowest BCUT2D eigenvalue weighted by atomic mass is 10.1. The Balaban J connectivity index is 2.36. The highest BCUT2D eigenvalue weighted by Gasteiger charge is 2.04. The van der Waals surface area contributed by atoms with Gasteiger partial charge in [-0.3, -0.25) is 0 Å². The predicted octanol–water partition coefficient (Wildman–Crippen LogP) is 3.35. The number of rotatable bonds is 5. The van der Waals surface area contributed by atoms with E-state index in [1.54, 1.807) is 12.1 Å². The van der Waals surface area contributed by atoms with E-state index in [0.717, 1.165) is 18.5 Å². The second-order valence-corrected chi connectivity index (χ2v) is 4.54. The molecule has 0 amide bonds. The molecule has 0 heterocycles. The summed E-state index contributed by atoms with van der Waals surface area (Å²) in [5, 5.41) is 3.39. The van der Waals surface area contributed by atoms with Crippen LogP contribution in [-0.4, -0.2) is 6.04 Å². The van der Waals surface area contributed by atoms with E-state index in [9.17, 15) is 4.39 Å². The Hall–Kier alpha value is -0.890. The summed E-state index contributed by atoms with van der Waals surface area (Å²) in [4.78, 5) is 0. The molecule has 1 aromatic rings. The molecular weight excluding hydrogens is 189 g/mol. The van der Waals surface area contributed by atoms with Crippen LogP contribution in [0.5, 0.6) is 0 Å². The van der Waals surface area contributed by atoms with Crippen LogP contribution in [0.25, 0.3) is 0 Å². The molecule has 2 heteroatoms. The lowest BCUT2D eigenvalue weighted by Crippen LogP contribution is -2.26. The van der Waals surface area contributed by atoms with Crippen LogP contribution in [0.3, 0.4) is 0 Å². The first kappa shape index (κ1) is 12.2. The molecule has 0 aromatic heterocycles. The van der Waals surface area contributed by atoms with Crippen LogP contribution >= 0.6 is 0 Å². The van der Waals surface area contributed by atoms with Crippen molar-refractivity contribution in [3.63, 3.8) is 0 Å². The Bertz CT molecular complexity index is 296. The maximum absolute atomic E-state index is 12.9. The summed E-state index contributed by atoms with van der Waals surface area (Å²) in [6, 6.07) is 7.22. The van der Waals surface area contributed by atoms with Crippen molar-refractivity contribution in [3.8, 4) is 0 Å². The van der Waals surface area contributed by atoms with Gasteiger partial charge in [-0.15, -0.1) is 0 Å². The van der Waals surface area contributed by atoms with Gasteiger partial charge in [0, 0.05) is 12.6 Å². The molecule has 1 nitrogen and oxygen atoms in total. The second kappa shape index (κ2) is 5.86. The maximum atomic E-state index is 12.9. The van der Waals surface area contributed by atoms with Crippen molar-refractivity contribution >= 4 is 0 Å². The van der Waals surface area contributed by atoms with Gasteiger partial charge in [0.15, 0.2) is 0 Å². The van der Waals surface area contributed by atoms with Crippen molar-refractivity contribution in [2.45, 2.75) is 39.8 Å². The van der Waals surface area contributed by atoms with E-state index in [2.05, 4.69) is 26.1 Å². The fourth-order valence-electron chi connectivity index (χ4n) is 1.73. The molecule has 1 aromatic carbocycles. The fourth-order valence-corrected chi connectivity index (χ4v) is 1.73. The Morgan fingerprint density at radius 2 is 2.00 bits per heavy atom. The topological polar surface area (TPSA) is 12.0 Å². The molecule has 0 aliphatic heterocycles. The molecule has 0 bridgehead atoms. The van der Waals surface area contributed by atoms with Crippen LogP contribution in [0.1, 0.15) is 32.8 Å². The summed E-state index contributed by atoms with van der Waals surface area (Å²) < 4.78 is 12.9. The number of hydrogen-bond acceptors (Lipinski definition) is 1. The summed E-state index contributed by atoms with van der Waals surface area (Å²) in [6.07, 6.45) is 1.15. The van der Waals surface area contributed by atoms with E-state index in [1.807, 2.05) is 6.07 Å². The quantitative estimate of drug-likeness (QED) is 0.784. The van der Waals surface area contributed by atoms with Gasteiger partial charge < -0.3 is 5.32 Å². The van der Waals surface area contributed by atoms with Gasteiger partial charge >= 0.3 is 0 Å². The monoisotopic (exact) mass is 209 g/mol. The number of nitrogens with one attached hydrogen (secondary N) is 1. The van der Waals surface area contributed by atoms with E-state index in [4.69, 9.17) is 0 Å². The van der Waals surface area contributed by atoms with Crippen molar-refractivity contribution in [2.75, 3.05) is 0 Å². The third-order valence-electron chi connectivity index (χ3n) is 2.37. The Morgan fingerprint density at radius 1 is 1.27 bits per heavy atom. The van der Waals surface area contributed by atoms with E-state index in [-0.39, 0.29) is 5.82 Å². The van der Waals surface area contributed by atoms with E-state index in [0.29, 0.717) is 12.0 Å². The van der Waals surface area contributed by atoms with E-state index in [1.165, 1.54) is 6.07 Å². The highest BCUT2D eigenvalue weighted by Crippen LogP contribution is 2.06. The van der Waals surface area contributed by atoms with Crippen LogP contribution in [0, 0.1) is 11.7 Å². The molecular formula is C13H20FN. The number of halogens is 1. The summed E-state index contributed by atoms with van der Waals surface area (Å²) >= 11 is 0. The molecule has 1 rings (SSSR count). The molecule has 0 spiro atoms. The van der Waals surface area contributed by atoms with Crippen LogP contribution in [0.2, 0.25) is 0 Å². The first-order valence-corrected chi connectivity index (χ1v) is 5.55. The smallest absolute Gasteiger partial charge is 0.123 e. The van der Waals surface area contributed by atoms with Crippen LogP contribution in [-0.2, 0) is 6.54 Å². The van der Waals surface area contributed by atoms with Crippen molar-refractivity contribution in [3.05, 3.63) is 35.6 Å². The molecule has 0 unspecified atom stereocenters. The molecule has 0 saturated carbocycles. The van der Waals surface area contributed by atoms with Gasteiger partial charge in [0.25, 0.3) is 0 Å². The zero-order valence-electron chi connectivity index (χ0n) is 9.76. The summed E-state index contributed by atoms with van der Waals surface area (Å²) in [5.74, 6) is 0.533. The van der Waals surface area contributed by atoms with Crippen molar-refractivity contribution < 1.29 is 4.39 Å². The molecule has 0 aliphatic rings. The summed E-state index contributed by atoms with van der Waals surface area (Å²) in [7, 11) is 0. The van der Waals surface area contributed by atoms with Crippen molar-refractivity contribution in [2.24, 2.45) is 5.92 Å². The molecule has 1 N–H and O–H groups in total. The average Bonchev–Trinajstić information content (AvgIpc) is 2.14. The molecule has 15 heavy (non-hydrogen) atoms. The van der Waals surface area contributed by atoms with Gasteiger partial charge in [0.05, 0.1) is 0 Å². The van der Waals surface area contributed by atoms with E-state index >= 15 is 0 Å². The molecule has 0 fully saturated rings. The SMILES string of the molecule is CC(C)C[C@H](C)NCc1cccc(F)c1. The Labute approximate surface area is 91.7 Å². The number of benzene rings is 1. The maximum Gasteiger partial charge on any atom is 0.123 e. The Kier molecular flexibility index (Phi) is 4.76. The predicted molar refractivity (Wildman–Crippen MR) is 62.2 cm³/mol. The first-order chi connectivity index (χ1) is 7.08. The minimum Gasteiger partial charge on any atom is -0.310 e. The van der Waals surface area contributed by atoms with E-state index < -0.39 is 0 Å². The van der Waals surface area contributed by atoms with Crippen LogP contribution in [0.4, 0.5) is 4.39 Å². The second-order valence-electron chi connectivity index (χ2n) is 4.54.